The SMILES string of the molecule is CN=C(NCCCN(C(C)C)C(C)C)NCCc1nc(-c2cccc(Cl)c2)no1.I. The number of benzene rings is 1. The molecule has 9 heteroatoms. The number of hydrogen-bond acceptors (Lipinski definition) is 5. The smallest absolute Gasteiger partial charge is 0.228 e. The van der Waals surface area contributed by atoms with E-state index < -0.39 is 0 Å². The van der Waals surface area contributed by atoms with Crippen molar-refractivity contribution in [2.45, 2.75) is 52.6 Å². The lowest BCUT2D eigenvalue weighted by atomic mass is 10.2. The second kappa shape index (κ2) is 13.8. The Balaban J connectivity index is 0.00000450. The van der Waals surface area contributed by atoms with E-state index in [1.165, 1.54) is 0 Å². The average molecular weight is 549 g/mol. The summed E-state index contributed by atoms with van der Waals surface area (Å²) < 4.78 is 5.33. The van der Waals surface area contributed by atoms with Crippen LogP contribution in [0.25, 0.3) is 11.4 Å². The zero-order chi connectivity index (χ0) is 21.2. The molecule has 0 saturated carbocycles. The first-order chi connectivity index (χ1) is 13.9. The van der Waals surface area contributed by atoms with Crippen LogP contribution in [0, 0.1) is 0 Å². The molecule has 0 bridgehead atoms. The topological polar surface area (TPSA) is 78.6 Å². The molecule has 0 spiro atoms. The maximum absolute atomic E-state index is 6.02. The molecule has 7 nitrogen and oxygen atoms in total. The fourth-order valence-corrected chi connectivity index (χ4v) is 3.38. The summed E-state index contributed by atoms with van der Waals surface area (Å²) in [5, 5.41) is 11.3. The number of hydrogen-bond donors (Lipinski definition) is 2. The number of aromatic nitrogens is 2. The molecular weight excluding hydrogens is 515 g/mol. The van der Waals surface area contributed by atoms with E-state index in [1.807, 2.05) is 24.3 Å². The van der Waals surface area contributed by atoms with Gasteiger partial charge in [-0.2, -0.15) is 4.98 Å². The Morgan fingerprint density at radius 3 is 2.50 bits per heavy atom. The van der Waals surface area contributed by atoms with Gasteiger partial charge in [0.1, 0.15) is 0 Å². The molecule has 2 aromatic rings. The standard InChI is InChI=1S/C21H33ClN6O.HI/c1-15(2)28(16(3)4)13-7-11-24-21(23-5)25-12-10-19-26-20(27-29-19)17-8-6-9-18(22)14-17;/h6,8-9,14-16H,7,10-13H2,1-5H3,(H2,23,24,25);1H. The van der Waals surface area contributed by atoms with Crippen molar-refractivity contribution in [3.8, 4) is 11.4 Å². The molecule has 168 valence electrons. The highest BCUT2D eigenvalue weighted by atomic mass is 127. The second-order valence-corrected chi connectivity index (χ2v) is 7.91. The summed E-state index contributed by atoms with van der Waals surface area (Å²) in [6.45, 7) is 11.5. The second-order valence-electron chi connectivity index (χ2n) is 7.48. The monoisotopic (exact) mass is 548 g/mol. The van der Waals surface area contributed by atoms with Crippen molar-refractivity contribution in [2.75, 3.05) is 26.7 Å². The lowest BCUT2D eigenvalue weighted by Crippen LogP contribution is -2.41. The molecule has 0 saturated heterocycles. The van der Waals surface area contributed by atoms with Gasteiger partial charge in [0.2, 0.25) is 11.7 Å². The van der Waals surface area contributed by atoms with E-state index in [1.54, 1.807) is 7.05 Å². The summed E-state index contributed by atoms with van der Waals surface area (Å²) in [7, 11) is 1.77. The predicted octanol–water partition coefficient (Wildman–Crippen LogP) is 4.22. The average Bonchev–Trinajstić information content (AvgIpc) is 3.14. The minimum Gasteiger partial charge on any atom is -0.356 e. The zero-order valence-electron chi connectivity index (χ0n) is 18.5. The lowest BCUT2D eigenvalue weighted by molar-refractivity contribution is 0.173. The van der Waals surface area contributed by atoms with Crippen LogP contribution in [-0.2, 0) is 6.42 Å². The largest absolute Gasteiger partial charge is 0.356 e. The normalized spacial score (nSPS) is 11.8. The van der Waals surface area contributed by atoms with Crippen molar-refractivity contribution in [3.05, 3.63) is 35.2 Å². The minimum absolute atomic E-state index is 0. The van der Waals surface area contributed by atoms with Crippen LogP contribution in [0.3, 0.4) is 0 Å². The van der Waals surface area contributed by atoms with Gasteiger partial charge in [0, 0.05) is 55.8 Å². The van der Waals surface area contributed by atoms with Gasteiger partial charge in [-0.3, -0.25) is 9.89 Å². The van der Waals surface area contributed by atoms with Gasteiger partial charge >= 0.3 is 0 Å². The molecule has 0 aliphatic heterocycles. The molecular formula is C21H34ClIN6O. The van der Waals surface area contributed by atoms with Crippen LogP contribution in [0.1, 0.15) is 40.0 Å². The maximum Gasteiger partial charge on any atom is 0.228 e. The van der Waals surface area contributed by atoms with Crippen molar-refractivity contribution in [1.82, 2.24) is 25.7 Å². The third-order valence-corrected chi connectivity index (χ3v) is 4.85. The first-order valence-corrected chi connectivity index (χ1v) is 10.6. The van der Waals surface area contributed by atoms with Crippen LogP contribution in [0.15, 0.2) is 33.8 Å². The van der Waals surface area contributed by atoms with Crippen LogP contribution in [0.2, 0.25) is 5.02 Å². The summed E-state index contributed by atoms with van der Waals surface area (Å²) in [5.41, 5.74) is 0.842. The lowest BCUT2D eigenvalue weighted by Gasteiger charge is -2.30. The highest BCUT2D eigenvalue weighted by Gasteiger charge is 2.12. The van der Waals surface area contributed by atoms with Gasteiger partial charge in [-0.25, -0.2) is 0 Å². The van der Waals surface area contributed by atoms with E-state index in [0.717, 1.165) is 31.0 Å². The minimum atomic E-state index is 0. The van der Waals surface area contributed by atoms with Gasteiger partial charge in [-0.15, -0.1) is 24.0 Å². The first-order valence-electron chi connectivity index (χ1n) is 10.2. The van der Waals surface area contributed by atoms with Crippen LogP contribution in [-0.4, -0.2) is 59.8 Å². The van der Waals surface area contributed by atoms with Crippen molar-refractivity contribution in [1.29, 1.82) is 0 Å². The number of nitrogens with zero attached hydrogens (tertiary/aromatic N) is 4. The molecule has 0 atom stereocenters. The molecule has 1 heterocycles. The fourth-order valence-electron chi connectivity index (χ4n) is 3.19. The summed E-state index contributed by atoms with van der Waals surface area (Å²) >= 11 is 6.02. The van der Waals surface area contributed by atoms with E-state index in [4.69, 9.17) is 16.1 Å². The summed E-state index contributed by atoms with van der Waals surface area (Å²) in [6, 6.07) is 8.52. The van der Waals surface area contributed by atoms with Crippen LogP contribution in [0.4, 0.5) is 0 Å². The molecule has 2 N–H and O–H groups in total. The van der Waals surface area contributed by atoms with Crippen LogP contribution >= 0.6 is 35.6 Å². The zero-order valence-corrected chi connectivity index (χ0v) is 21.6. The summed E-state index contributed by atoms with van der Waals surface area (Å²) in [6.07, 6.45) is 1.67. The van der Waals surface area contributed by atoms with Gasteiger partial charge in [-0.05, 0) is 46.2 Å². The number of rotatable bonds is 10. The van der Waals surface area contributed by atoms with Gasteiger partial charge in [0.15, 0.2) is 5.96 Å². The molecule has 0 amide bonds. The number of aliphatic imine (C=N–C) groups is 1. The van der Waals surface area contributed by atoms with Crippen molar-refractivity contribution in [3.63, 3.8) is 0 Å². The molecule has 0 radical (unpaired) electrons. The molecule has 1 aromatic heterocycles. The maximum atomic E-state index is 6.02. The molecule has 30 heavy (non-hydrogen) atoms. The fraction of sp³-hybridized carbons (Fsp3) is 0.571. The van der Waals surface area contributed by atoms with Gasteiger partial charge in [0.05, 0.1) is 0 Å². The number of nitrogens with one attached hydrogen (secondary N) is 2. The van der Waals surface area contributed by atoms with Gasteiger partial charge in [0.25, 0.3) is 0 Å². The first kappa shape index (κ1) is 26.6. The molecule has 0 unspecified atom stereocenters. The van der Waals surface area contributed by atoms with Crippen LogP contribution in [0.5, 0.6) is 0 Å². The summed E-state index contributed by atoms with van der Waals surface area (Å²) in [4.78, 5) is 11.2. The number of halogens is 2. The quantitative estimate of drug-likeness (QED) is 0.200. The van der Waals surface area contributed by atoms with E-state index in [0.29, 0.717) is 41.8 Å². The van der Waals surface area contributed by atoms with Crippen molar-refractivity contribution in [2.24, 2.45) is 4.99 Å². The van der Waals surface area contributed by atoms with Gasteiger partial charge < -0.3 is 15.2 Å². The summed E-state index contributed by atoms with van der Waals surface area (Å²) in [5.74, 6) is 1.90. The highest BCUT2D eigenvalue weighted by Crippen LogP contribution is 2.19. The Hall–Kier alpha value is -1.39. The molecule has 0 aliphatic carbocycles. The molecule has 0 fully saturated rings. The van der Waals surface area contributed by atoms with Crippen molar-refractivity contribution >= 4 is 41.5 Å². The number of guanidine groups is 1. The molecule has 2 rings (SSSR count). The Morgan fingerprint density at radius 2 is 1.87 bits per heavy atom. The third kappa shape index (κ3) is 8.77. The van der Waals surface area contributed by atoms with E-state index in [9.17, 15) is 0 Å². The Labute approximate surface area is 202 Å². The van der Waals surface area contributed by atoms with E-state index >= 15 is 0 Å². The van der Waals surface area contributed by atoms with E-state index in [2.05, 4.69) is 58.4 Å². The highest BCUT2D eigenvalue weighted by molar-refractivity contribution is 14.0. The Kier molecular flexibility index (Phi) is 12.3. The Morgan fingerprint density at radius 1 is 1.17 bits per heavy atom. The third-order valence-electron chi connectivity index (χ3n) is 4.62. The van der Waals surface area contributed by atoms with Crippen LogP contribution < -0.4 is 10.6 Å². The van der Waals surface area contributed by atoms with Crippen molar-refractivity contribution < 1.29 is 4.52 Å². The van der Waals surface area contributed by atoms with Gasteiger partial charge in [-0.1, -0.05) is 28.9 Å². The molecule has 0 aliphatic rings. The Bertz CT molecular complexity index is 772. The van der Waals surface area contributed by atoms with E-state index in [-0.39, 0.29) is 24.0 Å². The molecule has 1 aromatic carbocycles. The predicted molar refractivity (Wildman–Crippen MR) is 135 cm³/mol.